The predicted molar refractivity (Wildman–Crippen MR) is 76.6 cm³/mol. The van der Waals surface area contributed by atoms with Crippen LogP contribution in [0.5, 0.6) is 5.75 Å². The van der Waals surface area contributed by atoms with Crippen LogP contribution in [0.3, 0.4) is 0 Å². The first kappa shape index (κ1) is 14.5. The molecule has 1 amide bonds. The Balaban J connectivity index is 2.50. The summed E-state index contributed by atoms with van der Waals surface area (Å²) < 4.78 is 6.39. The lowest BCUT2D eigenvalue weighted by Crippen LogP contribution is -2.35. The van der Waals surface area contributed by atoms with Crippen molar-refractivity contribution in [1.82, 2.24) is 4.90 Å². The second kappa shape index (κ2) is 7.71. The number of ether oxygens (including phenoxy) is 1. The lowest BCUT2D eigenvalue weighted by molar-refractivity contribution is -0.132. The Kier molecular flexibility index (Phi) is 6.22. The topological polar surface area (TPSA) is 29.5 Å². The minimum absolute atomic E-state index is 0.0172. The quantitative estimate of drug-likeness (QED) is 0.725. The van der Waals surface area contributed by atoms with E-state index in [9.17, 15) is 4.79 Å². The van der Waals surface area contributed by atoms with Gasteiger partial charge in [-0.1, -0.05) is 28.1 Å². The molecule has 18 heavy (non-hydrogen) atoms. The highest BCUT2D eigenvalue weighted by Gasteiger charge is 2.11. The summed E-state index contributed by atoms with van der Waals surface area (Å²) in [5, 5.41) is 0. The normalized spacial score (nSPS) is 9.61. The van der Waals surface area contributed by atoms with E-state index in [-0.39, 0.29) is 12.5 Å². The zero-order chi connectivity index (χ0) is 13.4. The predicted octanol–water partition coefficient (Wildman–Crippen LogP) is 3.03. The summed E-state index contributed by atoms with van der Waals surface area (Å²) in [5.41, 5.74) is 0. The van der Waals surface area contributed by atoms with Gasteiger partial charge in [-0.2, -0.15) is 0 Å². The maximum atomic E-state index is 11.9. The molecule has 3 nitrogen and oxygen atoms in total. The number of nitrogens with zero attached hydrogens (tertiary/aromatic N) is 1. The van der Waals surface area contributed by atoms with Crippen LogP contribution in [0.2, 0.25) is 0 Å². The third-order valence-electron chi connectivity index (χ3n) is 2.23. The maximum absolute atomic E-state index is 11.9. The zero-order valence-corrected chi connectivity index (χ0v) is 11.7. The van der Waals surface area contributed by atoms with E-state index in [1.807, 2.05) is 24.3 Å². The summed E-state index contributed by atoms with van der Waals surface area (Å²) in [4.78, 5) is 13.5. The minimum atomic E-state index is -0.0854. The Morgan fingerprint density at radius 2 is 1.78 bits per heavy atom. The third kappa shape index (κ3) is 4.75. The Morgan fingerprint density at radius 3 is 2.28 bits per heavy atom. The van der Waals surface area contributed by atoms with Crippen molar-refractivity contribution in [2.24, 2.45) is 0 Å². The van der Waals surface area contributed by atoms with E-state index in [1.54, 1.807) is 17.1 Å². The number of hydrogen-bond donors (Lipinski definition) is 0. The first-order valence-corrected chi connectivity index (χ1v) is 6.34. The molecular formula is C14H16BrNO2. The largest absolute Gasteiger partial charge is 0.484 e. The Hall–Kier alpha value is -1.55. The van der Waals surface area contributed by atoms with Crippen LogP contribution >= 0.6 is 15.9 Å². The summed E-state index contributed by atoms with van der Waals surface area (Å²) in [6, 6.07) is 7.35. The van der Waals surface area contributed by atoms with Gasteiger partial charge in [-0.05, 0) is 24.3 Å². The number of carbonyl (C=O) groups is 1. The van der Waals surface area contributed by atoms with Crippen molar-refractivity contribution in [1.29, 1.82) is 0 Å². The van der Waals surface area contributed by atoms with Crippen LogP contribution in [0.15, 0.2) is 54.0 Å². The molecule has 0 saturated carbocycles. The van der Waals surface area contributed by atoms with Gasteiger partial charge in [0.15, 0.2) is 6.61 Å². The minimum Gasteiger partial charge on any atom is -0.484 e. The molecule has 0 aliphatic heterocycles. The van der Waals surface area contributed by atoms with E-state index < -0.39 is 0 Å². The van der Waals surface area contributed by atoms with Crippen LogP contribution in [-0.4, -0.2) is 30.5 Å². The maximum Gasteiger partial charge on any atom is 0.261 e. The standard InChI is InChI=1S/C14H16BrNO2/c1-3-9-16(10-4-2)14(17)11-18-13-7-5-12(15)6-8-13/h3-8H,1-2,9-11H2. The SMILES string of the molecule is C=CCN(CC=C)C(=O)COc1ccc(Br)cc1. The van der Waals surface area contributed by atoms with Gasteiger partial charge in [0.05, 0.1) is 0 Å². The van der Waals surface area contributed by atoms with E-state index in [0.717, 1.165) is 4.47 Å². The second-order valence-corrected chi connectivity index (χ2v) is 4.53. The van der Waals surface area contributed by atoms with Gasteiger partial charge in [-0.25, -0.2) is 0 Å². The van der Waals surface area contributed by atoms with E-state index in [0.29, 0.717) is 18.8 Å². The number of hydrogen-bond acceptors (Lipinski definition) is 2. The molecule has 4 heteroatoms. The number of halogens is 1. The number of carbonyl (C=O) groups excluding carboxylic acids is 1. The monoisotopic (exact) mass is 309 g/mol. The fourth-order valence-corrected chi connectivity index (χ4v) is 1.62. The van der Waals surface area contributed by atoms with Crippen LogP contribution in [0, 0.1) is 0 Å². The molecule has 0 saturated heterocycles. The van der Waals surface area contributed by atoms with Crippen molar-refractivity contribution in [2.75, 3.05) is 19.7 Å². The van der Waals surface area contributed by atoms with Crippen molar-refractivity contribution in [3.8, 4) is 5.75 Å². The molecule has 96 valence electrons. The molecule has 0 aromatic heterocycles. The molecule has 1 rings (SSSR count). The average Bonchev–Trinajstić information content (AvgIpc) is 2.37. The first-order valence-electron chi connectivity index (χ1n) is 5.55. The smallest absolute Gasteiger partial charge is 0.261 e. The molecule has 0 fully saturated rings. The van der Waals surface area contributed by atoms with Gasteiger partial charge in [-0.15, -0.1) is 13.2 Å². The van der Waals surface area contributed by atoms with Crippen LogP contribution in [0.25, 0.3) is 0 Å². The van der Waals surface area contributed by atoms with Crippen molar-refractivity contribution < 1.29 is 9.53 Å². The number of rotatable bonds is 7. The fourth-order valence-electron chi connectivity index (χ4n) is 1.36. The summed E-state index contributed by atoms with van der Waals surface area (Å²) in [5.74, 6) is 0.585. The molecule has 1 aromatic rings. The third-order valence-corrected chi connectivity index (χ3v) is 2.76. The van der Waals surface area contributed by atoms with Crippen molar-refractivity contribution in [3.63, 3.8) is 0 Å². The van der Waals surface area contributed by atoms with Crippen molar-refractivity contribution in [2.45, 2.75) is 0 Å². The molecule has 0 bridgehead atoms. The summed E-state index contributed by atoms with van der Waals surface area (Å²) in [7, 11) is 0. The van der Waals surface area contributed by atoms with E-state index in [4.69, 9.17) is 4.74 Å². The van der Waals surface area contributed by atoms with E-state index in [2.05, 4.69) is 29.1 Å². The van der Waals surface area contributed by atoms with Crippen molar-refractivity contribution in [3.05, 3.63) is 54.0 Å². The van der Waals surface area contributed by atoms with E-state index >= 15 is 0 Å². The highest BCUT2D eigenvalue weighted by molar-refractivity contribution is 9.10. The van der Waals surface area contributed by atoms with Gasteiger partial charge in [0.2, 0.25) is 0 Å². The molecule has 0 spiro atoms. The highest BCUT2D eigenvalue weighted by Crippen LogP contribution is 2.16. The lowest BCUT2D eigenvalue weighted by Gasteiger charge is -2.19. The molecule has 0 unspecified atom stereocenters. The van der Waals surface area contributed by atoms with Gasteiger partial charge in [0.1, 0.15) is 5.75 Å². The fraction of sp³-hybridized carbons (Fsp3) is 0.214. The number of amides is 1. The molecular weight excluding hydrogens is 294 g/mol. The van der Waals surface area contributed by atoms with Gasteiger partial charge >= 0.3 is 0 Å². The average molecular weight is 310 g/mol. The van der Waals surface area contributed by atoms with Crippen LogP contribution in [0.4, 0.5) is 0 Å². The molecule has 0 aliphatic rings. The van der Waals surface area contributed by atoms with Crippen LogP contribution in [-0.2, 0) is 4.79 Å². The highest BCUT2D eigenvalue weighted by atomic mass is 79.9. The van der Waals surface area contributed by atoms with Gasteiger partial charge < -0.3 is 9.64 Å². The van der Waals surface area contributed by atoms with Gasteiger partial charge in [-0.3, -0.25) is 4.79 Å². The molecule has 1 aromatic carbocycles. The van der Waals surface area contributed by atoms with Crippen LogP contribution in [0.1, 0.15) is 0 Å². The van der Waals surface area contributed by atoms with E-state index in [1.165, 1.54) is 0 Å². The van der Waals surface area contributed by atoms with Gasteiger partial charge in [0, 0.05) is 17.6 Å². The number of benzene rings is 1. The van der Waals surface area contributed by atoms with Crippen LogP contribution < -0.4 is 4.74 Å². The second-order valence-electron chi connectivity index (χ2n) is 3.62. The summed E-state index contributed by atoms with van der Waals surface area (Å²) in [6.07, 6.45) is 3.36. The molecule has 0 atom stereocenters. The Labute approximate surface area is 116 Å². The molecule has 0 heterocycles. The zero-order valence-electron chi connectivity index (χ0n) is 10.1. The lowest BCUT2D eigenvalue weighted by atomic mass is 10.3. The first-order chi connectivity index (χ1) is 8.67. The van der Waals surface area contributed by atoms with Crippen molar-refractivity contribution >= 4 is 21.8 Å². The summed E-state index contributed by atoms with van der Waals surface area (Å²) >= 11 is 3.34. The molecule has 0 N–H and O–H groups in total. The Morgan fingerprint density at radius 1 is 1.22 bits per heavy atom. The molecule has 0 aliphatic carbocycles. The molecule has 0 radical (unpaired) electrons. The summed E-state index contributed by atoms with van der Waals surface area (Å²) in [6.45, 7) is 8.24. The Bertz CT molecular complexity index is 404. The van der Waals surface area contributed by atoms with Gasteiger partial charge in [0.25, 0.3) is 5.91 Å².